The lowest BCUT2D eigenvalue weighted by atomic mass is 10.1. The van der Waals surface area contributed by atoms with Crippen LogP contribution in [-0.2, 0) is 11.0 Å². The second kappa shape index (κ2) is 10.1. The minimum atomic E-state index is -4.76. The number of benzene rings is 1. The summed E-state index contributed by atoms with van der Waals surface area (Å²) in [7, 11) is 0. The van der Waals surface area contributed by atoms with Crippen molar-refractivity contribution < 1.29 is 32.0 Å². The molecule has 3 amide bonds. The Morgan fingerprint density at radius 3 is 2.47 bits per heavy atom. The number of anilines is 2. The molecule has 0 unspecified atom stereocenters. The van der Waals surface area contributed by atoms with Crippen molar-refractivity contribution in [3.63, 3.8) is 0 Å². The Balaban J connectivity index is 1.57. The quantitative estimate of drug-likeness (QED) is 0.418. The van der Waals surface area contributed by atoms with E-state index in [9.17, 15) is 27.6 Å². The van der Waals surface area contributed by atoms with E-state index in [2.05, 4.69) is 16.0 Å². The van der Waals surface area contributed by atoms with Crippen molar-refractivity contribution in [1.82, 2.24) is 5.32 Å². The molecule has 3 rings (SSSR count). The summed E-state index contributed by atoms with van der Waals surface area (Å²) in [6.07, 6.45) is -3.33. The number of carbonyl (C=O) groups excluding carboxylic acids is 3. The second-order valence-electron chi connectivity index (χ2n) is 6.57. The molecule has 0 radical (unpaired) electrons. The second-order valence-corrected chi connectivity index (χ2v) is 7.52. The highest BCUT2D eigenvalue weighted by Crippen LogP contribution is 2.36. The summed E-state index contributed by atoms with van der Waals surface area (Å²) in [6, 6.07) is 9.28. The third kappa shape index (κ3) is 6.20. The lowest BCUT2D eigenvalue weighted by molar-refractivity contribution is -0.136. The van der Waals surface area contributed by atoms with E-state index in [0.29, 0.717) is 4.88 Å². The van der Waals surface area contributed by atoms with Crippen molar-refractivity contribution in [1.29, 1.82) is 0 Å². The van der Waals surface area contributed by atoms with Gasteiger partial charge in [0, 0.05) is 18.7 Å². The standard InChI is InChI=1S/C21H18F3N3O4S/c22-21(23,24)14-12-13(26-19(29)16-4-2-10-31-16)7-8-15(14)27-18(28)6-1-9-25-20(30)17-5-3-11-32-17/h2-5,7-8,10-12H,1,6,9H2,(H,25,30)(H,26,29)(H,27,28). The van der Waals surface area contributed by atoms with Gasteiger partial charge in [0.1, 0.15) is 0 Å². The van der Waals surface area contributed by atoms with Crippen LogP contribution >= 0.6 is 11.3 Å². The van der Waals surface area contributed by atoms with Crippen LogP contribution in [0.4, 0.5) is 24.5 Å². The van der Waals surface area contributed by atoms with Gasteiger partial charge in [0.15, 0.2) is 5.76 Å². The normalized spacial score (nSPS) is 11.1. The number of hydrogen-bond donors (Lipinski definition) is 3. The average molecular weight is 465 g/mol. The van der Waals surface area contributed by atoms with Crippen LogP contribution in [0.3, 0.4) is 0 Å². The Bertz CT molecular complexity index is 1080. The lowest BCUT2D eigenvalue weighted by Crippen LogP contribution is -2.25. The summed E-state index contributed by atoms with van der Waals surface area (Å²) < 4.78 is 45.4. The highest BCUT2D eigenvalue weighted by Gasteiger charge is 2.34. The minimum absolute atomic E-state index is 0.0536. The summed E-state index contributed by atoms with van der Waals surface area (Å²) in [5, 5.41) is 8.96. The Morgan fingerprint density at radius 1 is 1.00 bits per heavy atom. The van der Waals surface area contributed by atoms with Gasteiger partial charge in [0.25, 0.3) is 11.8 Å². The molecule has 3 aromatic rings. The van der Waals surface area contributed by atoms with Crippen molar-refractivity contribution in [3.05, 3.63) is 70.3 Å². The van der Waals surface area contributed by atoms with Gasteiger partial charge < -0.3 is 20.4 Å². The van der Waals surface area contributed by atoms with Gasteiger partial charge in [-0.25, -0.2) is 0 Å². The predicted octanol–water partition coefficient (Wildman–Crippen LogP) is 4.76. The van der Waals surface area contributed by atoms with Gasteiger partial charge in [0.2, 0.25) is 5.91 Å². The van der Waals surface area contributed by atoms with Gasteiger partial charge in [-0.15, -0.1) is 11.3 Å². The van der Waals surface area contributed by atoms with E-state index in [-0.39, 0.29) is 36.7 Å². The first-order valence-electron chi connectivity index (χ1n) is 9.41. The van der Waals surface area contributed by atoms with E-state index in [0.717, 1.165) is 12.1 Å². The number of hydrogen-bond acceptors (Lipinski definition) is 5. The zero-order valence-electron chi connectivity index (χ0n) is 16.5. The Labute approximate surface area is 184 Å². The summed E-state index contributed by atoms with van der Waals surface area (Å²) >= 11 is 1.28. The van der Waals surface area contributed by atoms with Crippen molar-refractivity contribution in [2.24, 2.45) is 0 Å². The van der Waals surface area contributed by atoms with E-state index in [1.54, 1.807) is 17.5 Å². The number of carbonyl (C=O) groups is 3. The van der Waals surface area contributed by atoms with Crippen LogP contribution in [0.25, 0.3) is 0 Å². The van der Waals surface area contributed by atoms with Crippen LogP contribution in [0.5, 0.6) is 0 Å². The van der Waals surface area contributed by atoms with E-state index in [4.69, 9.17) is 4.42 Å². The highest BCUT2D eigenvalue weighted by atomic mass is 32.1. The predicted molar refractivity (Wildman–Crippen MR) is 113 cm³/mol. The molecule has 3 N–H and O–H groups in total. The highest BCUT2D eigenvalue weighted by molar-refractivity contribution is 7.12. The number of rotatable bonds is 8. The van der Waals surface area contributed by atoms with Crippen molar-refractivity contribution in [3.8, 4) is 0 Å². The maximum atomic E-state index is 13.5. The Kier molecular flexibility index (Phi) is 7.31. The number of furan rings is 1. The van der Waals surface area contributed by atoms with E-state index >= 15 is 0 Å². The molecule has 2 heterocycles. The lowest BCUT2D eigenvalue weighted by Gasteiger charge is -2.15. The van der Waals surface area contributed by atoms with Crippen LogP contribution in [0.15, 0.2) is 58.5 Å². The molecule has 0 spiro atoms. The minimum Gasteiger partial charge on any atom is -0.459 e. The molecule has 0 saturated heterocycles. The molecule has 0 aliphatic heterocycles. The fraction of sp³-hybridized carbons (Fsp3) is 0.190. The maximum absolute atomic E-state index is 13.5. The van der Waals surface area contributed by atoms with Crippen LogP contribution in [0.1, 0.15) is 38.6 Å². The first kappa shape index (κ1) is 23.1. The molecule has 0 bridgehead atoms. The molecule has 0 atom stereocenters. The molecule has 168 valence electrons. The number of halogens is 3. The first-order valence-corrected chi connectivity index (χ1v) is 10.3. The Hall–Kier alpha value is -3.60. The summed E-state index contributed by atoms with van der Waals surface area (Å²) in [4.78, 5) is 36.4. The molecule has 7 nitrogen and oxygen atoms in total. The summed E-state index contributed by atoms with van der Waals surface area (Å²) in [6.45, 7) is 0.202. The number of alkyl halides is 3. The van der Waals surface area contributed by atoms with Crippen LogP contribution in [0.2, 0.25) is 0 Å². The molecular weight excluding hydrogens is 447 g/mol. The van der Waals surface area contributed by atoms with Crippen molar-refractivity contribution in [2.75, 3.05) is 17.2 Å². The molecular formula is C21H18F3N3O4S. The number of thiophene rings is 1. The SMILES string of the molecule is O=C(CCCNC(=O)c1cccs1)Nc1ccc(NC(=O)c2ccco2)cc1C(F)(F)F. The smallest absolute Gasteiger partial charge is 0.418 e. The zero-order valence-corrected chi connectivity index (χ0v) is 17.3. The van der Waals surface area contributed by atoms with E-state index < -0.39 is 29.2 Å². The molecule has 11 heteroatoms. The van der Waals surface area contributed by atoms with E-state index in [1.165, 1.54) is 35.8 Å². The van der Waals surface area contributed by atoms with Crippen molar-refractivity contribution >= 4 is 40.4 Å². The monoisotopic (exact) mass is 465 g/mol. The number of nitrogens with one attached hydrogen (secondary N) is 3. The van der Waals surface area contributed by atoms with Crippen LogP contribution in [0, 0.1) is 0 Å². The molecule has 0 fully saturated rings. The third-order valence-corrected chi connectivity index (χ3v) is 5.08. The molecule has 0 saturated carbocycles. The molecule has 1 aromatic carbocycles. The van der Waals surface area contributed by atoms with Gasteiger partial charge in [0.05, 0.1) is 22.4 Å². The van der Waals surface area contributed by atoms with Crippen LogP contribution < -0.4 is 16.0 Å². The maximum Gasteiger partial charge on any atom is 0.418 e. The molecule has 0 aliphatic rings. The fourth-order valence-electron chi connectivity index (χ4n) is 2.72. The van der Waals surface area contributed by atoms with Gasteiger partial charge in [-0.3, -0.25) is 14.4 Å². The van der Waals surface area contributed by atoms with E-state index in [1.807, 2.05) is 0 Å². The van der Waals surface area contributed by atoms with Gasteiger partial charge >= 0.3 is 6.18 Å². The zero-order chi connectivity index (χ0) is 23.1. The fourth-order valence-corrected chi connectivity index (χ4v) is 3.36. The summed E-state index contributed by atoms with van der Waals surface area (Å²) in [5.74, 6) is -1.66. The Morgan fingerprint density at radius 2 is 1.81 bits per heavy atom. The largest absolute Gasteiger partial charge is 0.459 e. The van der Waals surface area contributed by atoms with Gasteiger partial charge in [-0.05, 0) is 48.2 Å². The molecule has 32 heavy (non-hydrogen) atoms. The topological polar surface area (TPSA) is 100 Å². The van der Waals surface area contributed by atoms with Gasteiger partial charge in [-0.2, -0.15) is 13.2 Å². The van der Waals surface area contributed by atoms with Crippen molar-refractivity contribution in [2.45, 2.75) is 19.0 Å². The van der Waals surface area contributed by atoms with Gasteiger partial charge in [-0.1, -0.05) is 6.07 Å². The molecule has 2 aromatic heterocycles. The first-order chi connectivity index (χ1) is 15.2. The summed E-state index contributed by atoms with van der Waals surface area (Å²) in [5.41, 5.74) is -1.64. The van der Waals surface area contributed by atoms with Crippen LogP contribution in [-0.4, -0.2) is 24.3 Å². The average Bonchev–Trinajstić information content (AvgIpc) is 3.45. The molecule has 0 aliphatic carbocycles. The number of amides is 3. The third-order valence-electron chi connectivity index (χ3n) is 4.21.